The molecule has 100 valence electrons. The van der Waals surface area contributed by atoms with E-state index in [-0.39, 0.29) is 5.91 Å². The SMILES string of the molecule is Cc1ccc(OCCC(=O)Nc2nc(C)cs2)cc1. The number of amides is 1. The highest BCUT2D eigenvalue weighted by Gasteiger charge is 2.05. The van der Waals surface area contributed by atoms with E-state index in [1.54, 1.807) is 0 Å². The van der Waals surface area contributed by atoms with Gasteiger partial charge in [0.1, 0.15) is 5.75 Å². The fraction of sp³-hybridized carbons (Fsp3) is 0.286. The lowest BCUT2D eigenvalue weighted by molar-refractivity contribution is -0.116. The van der Waals surface area contributed by atoms with Crippen molar-refractivity contribution in [3.8, 4) is 5.75 Å². The minimum atomic E-state index is -0.0820. The molecule has 0 fully saturated rings. The van der Waals surface area contributed by atoms with Gasteiger partial charge in [0.05, 0.1) is 18.7 Å². The molecule has 4 nitrogen and oxygen atoms in total. The maximum Gasteiger partial charge on any atom is 0.229 e. The number of hydrogen-bond acceptors (Lipinski definition) is 4. The molecular formula is C14H16N2O2S. The zero-order chi connectivity index (χ0) is 13.7. The van der Waals surface area contributed by atoms with Gasteiger partial charge in [0, 0.05) is 5.38 Å². The van der Waals surface area contributed by atoms with Crippen LogP contribution in [-0.4, -0.2) is 17.5 Å². The van der Waals surface area contributed by atoms with Crippen molar-refractivity contribution in [2.24, 2.45) is 0 Å². The summed E-state index contributed by atoms with van der Waals surface area (Å²) in [4.78, 5) is 15.8. The van der Waals surface area contributed by atoms with Crippen molar-refractivity contribution in [3.05, 3.63) is 40.9 Å². The van der Waals surface area contributed by atoms with Crippen molar-refractivity contribution < 1.29 is 9.53 Å². The van der Waals surface area contributed by atoms with Crippen LogP contribution in [0.3, 0.4) is 0 Å². The molecule has 2 aromatic rings. The molecule has 1 amide bonds. The maximum atomic E-state index is 11.6. The Bertz CT molecular complexity index is 549. The number of nitrogens with zero attached hydrogens (tertiary/aromatic N) is 1. The topological polar surface area (TPSA) is 51.2 Å². The summed E-state index contributed by atoms with van der Waals surface area (Å²) in [6.07, 6.45) is 0.312. The Morgan fingerprint density at radius 1 is 1.32 bits per heavy atom. The smallest absolute Gasteiger partial charge is 0.229 e. The molecule has 1 aromatic carbocycles. The van der Waals surface area contributed by atoms with Crippen LogP contribution in [0.2, 0.25) is 0 Å². The molecule has 0 aliphatic carbocycles. The standard InChI is InChI=1S/C14H16N2O2S/c1-10-3-5-12(6-4-10)18-8-7-13(17)16-14-15-11(2)9-19-14/h3-6,9H,7-8H2,1-2H3,(H,15,16,17). The van der Waals surface area contributed by atoms with E-state index in [0.29, 0.717) is 18.2 Å². The van der Waals surface area contributed by atoms with Gasteiger partial charge in [0.25, 0.3) is 0 Å². The van der Waals surface area contributed by atoms with Crippen LogP contribution in [0.25, 0.3) is 0 Å². The molecule has 0 radical (unpaired) electrons. The Morgan fingerprint density at radius 3 is 2.68 bits per heavy atom. The van der Waals surface area contributed by atoms with Crippen LogP contribution in [-0.2, 0) is 4.79 Å². The van der Waals surface area contributed by atoms with Crippen LogP contribution in [0, 0.1) is 13.8 Å². The lowest BCUT2D eigenvalue weighted by Crippen LogP contribution is -2.15. The van der Waals surface area contributed by atoms with E-state index >= 15 is 0 Å². The Labute approximate surface area is 116 Å². The first kappa shape index (κ1) is 13.5. The minimum absolute atomic E-state index is 0.0820. The number of aryl methyl sites for hydroxylation is 2. The lowest BCUT2D eigenvalue weighted by atomic mass is 10.2. The van der Waals surface area contributed by atoms with E-state index in [9.17, 15) is 4.79 Å². The Morgan fingerprint density at radius 2 is 2.05 bits per heavy atom. The Balaban J connectivity index is 1.73. The number of ether oxygens (including phenoxy) is 1. The van der Waals surface area contributed by atoms with Crippen molar-refractivity contribution in [1.29, 1.82) is 0 Å². The van der Waals surface area contributed by atoms with Crippen molar-refractivity contribution in [2.45, 2.75) is 20.3 Å². The molecule has 5 heteroatoms. The van der Waals surface area contributed by atoms with Gasteiger partial charge in [0.15, 0.2) is 5.13 Å². The Hall–Kier alpha value is -1.88. The lowest BCUT2D eigenvalue weighted by Gasteiger charge is -2.06. The largest absolute Gasteiger partial charge is 0.493 e. The molecule has 0 bridgehead atoms. The van der Waals surface area contributed by atoms with Crippen LogP contribution in [0.4, 0.5) is 5.13 Å². The summed E-state index contributed by atoms with van der Waals surface area (Å²) in [5, 5.41) is 5.28. The summed E-state index contributed by atoms with van der Waals surface area (Å²) in [7, 11) is 0. The highest BCUT2D eigenvalue weighted by molar-refractivity contribution is 7.13. The van der Waals surface area contributed by atoms with E-state index in [0.717, 1.165) is 11.4 Å². The predicted octanol–water partition coefficient (Wildman–Crippen LogP) is 3.17. The molecule has 2 rings (SSSR count). The monoisotopic (exact) mass is 276 g/mol. The van der Waals surface area contributed by atoms with Gasteiger partial charge in [-0.1, -0.05) is 17.7 Å². The molecule has 0 saturated carbocycles. The third-order valence-electron chi connectivity index (χ3n) is 2.48. The van der Waals surface area contributed by atoms with Gasteiger partial charge >= 0.3 is 0 Å². The first-order valence-electron chi connectivity index (χ1n) is 6.05. The average molecular weight is 276 g/mol. The van der Waals surface area contributed by atoms with Crippen molar-refractivity contribution in [1.82, 2.24) is 4.98 Å². The van der Waals surface area contributed by atoms with Crippen LogP contribution in [0.15, 0.2) is 29.6 Å². The number of benzene rings is 1. The third kappa shape index (κ3) is 4.37. The van der Waals surface area contributed by atoms with E-state index in [2.05, 4.69) is 10.3 Å². The quantitative estimate of drug-likeness (QED) is 0.912. The molecule has 1 aromatic heterocycles. The number of anilines is 1. The van der Waals surface area contributed by atoms with Crippen LogP contribution >= 0.6 is 11.3 Å². The minimum Gasteiger partial charge on any atom is -0.493 e. The molecule has 0 unspecified atom stereocenters. The number of hydrogen-bond donors (Lipinski definition) is 1. The number of thiazole rings is 1. The van der Waals surface area contributed by atoms with E-state index in [4.69, 9.17) is 4.74 Å². The van der Waals surface area contributed by atoms with Gasteiger partial charge in [-0.3, -0.25) is 4.79 Å². The number of aromatic nitrogens is 1. The van der Waals surface area contributed by atoms with Gasteiger partial charge in [-0.15, -0.1) is 11.3 Å². The molecule has 0 aliphatic heterocycles. The van der Waals surface area contributed by atoms with Crippen LogP contribution in [0.1, 0.15) is 17.7 Å². The third-order valence-corrected chi connectivity index (χ3v) is 3.36. The van der Waals surface area contributed by atoms with E-state index < -0.39 is 0 Å². The summed E-state index contributed by atoms with van der Waals surface area (Å²) in [5.41, 5.74) is 2.10. The average Bonchev–Trinajstić information content (AvgIpc) is 2.77. The van der Waals surface area contributed by atoms with Gasteiger partial charge in [-0.05, 0) is 26.0 Å². The second-order valence-corrected chi connectivity index (χ2v) is 5.11. The van der Waals surface area contributed by atoms with Crippen molar-refractivity contribution in [2.75, 3.05) is 11.9 Å². The summed E-state index contributed by atoms with van der Waals surface area (Å²) >= 11 is 1.43. The van der Waals surface area contributed by atoms with E-state index in [1.165, 1.54) is 16.9 Å². The Kier molecular flexibility index (Phi) is 4.52. The van der Waals surface area contributed by atoms with E-state index in [1.807, 2.05) is 43.5 Å². The predicted molar refractivity (Wildman–Crippen MR) is 76.8 cm³/mol. The molecule has 19 heavy (non-hydrogen) atoms. The zero-order valence-corrected chi connectivity index (χ0v) is 11.8. The summed E-state index contributed by atoms with van der Waals surface area (Å²) < 4.78 is 5.50. The highest BCUT2D eigenvalue weighted by Crippen LogP contribution is 2.15. The van der Waals surface area contributed by atoms with Crippen LogP contribution < -0.4 is 10.1 Å². The maximum absolute atomic E-state index is 11.6. The number of carbonyl (C=O) groups excluding carboxylic acids is 1. The van der Waals surface area contributed by atoms with Crippen molar-refractivity contribution >= 4 is 22.4 Å². The molecular weight excluding hydrogens is 260 g/mol. The first-order valence-corrected chi connectivity index (χ1v) is 6.93. The van der Waals surface area contributed by atoms with Gasteiger partial charge in [0.2, 0.25) is 5.91 Å². The zero-order valence-electron chi connectivity index (χ0n) is 11.0. The number of rotatable bonds is 5. The fourth-order valence-corrected chi connectivity index (χ4v) is 2.19. The molecule has 1 heterocycles. The van der Waals surface area contributed by atoms with Gasteiger partial charge < -0.3 is 10.1 Å². The summed E-state index contributed by atoms with van der Waals surface area (Å²) in [5.74, 6) is 0.699. The second-order valence-electron chi connectivity index (χ2n) is 4.25. The fourth-order valence-electron chi connectivity index (χ4n) is 1.49. The number of nitrogens with one attached hydrogen (secondary N) is 1. The van der Waals surface area contributed by atoms with Crippen molar-refractivity contribution in [3.63, 3.8) is 0 Å². The first-order chi connectivity index (χ1) is 9.13. The van der Waals surface area contributed by atoms with Gasteiger partial charge in [-0.2, -0.15) is 0 Å². The molecule has 0 saturated heterocycles. The highest BCUT2D eigenvalue weighted by atomic mass is 32.1. The summed E-state index contributed by atoms with van der Waals surface area (Å²) in [6.45, 7) is 4.28. The molecule has 1 N–H and O–H groups in total. The van der Waals surface area contributed by atoms with Crippen LogP contribution in [0.5, 0.6) is 5.75 Å². The number of carbonyl (C=O) groups is 1. The molecule has 0 aliphatic rings. The summed E-state index contributed by atoms with van der Waals surface area (Å²) in [6, 6.07) is 7.76. The second kappa shape index (κ2) is 6.33. The normalized spacial score (nSPS) is 10.2. The molecule has 0 atom stereocenters. The molecule has 0 spiro atoms. The van der Waals surface area contributed by atoms with Gasteiger partial charge in [-0.25, -0.2) is 4.98 Å².